The van der Waals surface area contributed by atoms with Crippen molar-refractivity contribution in [1.82, 2.24) is 10.3 Å². The van der Waals surface area contributed by atoms with Crippen LogP contribution in [0.5, 0.6) is 0 Å². The van der Waals surface area contributed by atoms with Crippen LogP contribution in [0, 0.1) is 0 Å². The van der Waals surface area contributed by atoms with Gasteiger partial charge in [-0.3, -0.25) is 4.79 Å². The van der Waals surface area contributed by atoms with E-state index >= 15 is 0 Å². The molecule has 0 aliphatic heterocycles. The first-order valence-corrected chi connectivity index (χ1v) is 7.42. The molecule has 0 aliphatic rings. The van der Waals surface area contributed by atoms with Crippen molar-refractivity contribution in [3.8, 4) is 10.8 Å². The maximum Gasteiger partial charge on any atom is 0.236 e. The number of oxazole rings is 1. The van der Waals surface area contributed by atoms with Gasteiger partial charge in [0.1, 0.15) is 6.26 Å². The third kappa shape index (κ3) is 4.21. The first-order chi connectivity index (χ1) is 9.29. The Bertz CT molecular complexity index is 505. The number of hydrogen-bond acceptors (Lipinski definition) is 4. The maximum absolute atomic E-state index is 11.6. The van der Waals surface area contributed by atoms with E-state index in [1.54, 1.807) is 17.6 Å². The summed E-state index contributed by atoms with van der Waals surface area (Å²) < 4.78 is 5.39. The molecule has 1 N–H and O–H groups in total. The molecule has 0 aromatic carbocycles. The van der Waals surface area contributed by atoms with Gasteiger partial charge in [0.15, 0.2) is 0 Å². The fourth-order valence-corrected chi connectivity index (χ4v) is 2.37. The molecule has 2 rings (SSSR count). The van der Waals surface area contributed by atoms with E-state index < -0.39 is 0 Å². The molecule has 0 saturated heterocycles. The summed E-state index contributed by atoms with van der Waals surface area (Å²) in [6.07, 6.45) is 5.35. The molecule has 0 radical (unpaired) electrons. The van der Waals surface area contributed by atoms with Crippen LogP contribution in [0.1, 0.15) is 38.3 Å². The van der Waals surface area contributed by atoms with Crippen molar-refractivity contribution in [3.05, 3.63) is 29.5 Å². The minimum absolute atomic E-state index is 0.0779. The van der Waals surface area contributed by atoms with E-state index in [1.165, 1.54) is 0 Å². The summed E-state index contributed by atoms with van der Waals surface area (Å²) in [7, 11) is 0. The smallest absolute Gasteiger partial charge is 0.236 e. The third-order valence-corrected chi connectivity index (χ3v) is 3.62. The van der Waals surface area contributed by atoms with Gasteiger partial charge in [-0.25, -0.2) is 4.98 Å². The van der Waals surface area contributed by atoms with Crippen LogP contribution in [0.2, 0.25) is 0 Å². The van der Waals surface area contributed by atoms with Gasteiger partial charge >= 0.3 is 0 Å². The molecule has 1 amide bonds. The zero-order valence-electron chi connectivity index (χ0n) is 11.0. The van der Waals surface area contributed by atoms with E-state index in [0.717, 1.165) is 29.8 Å². The van der Waals surface area contributed by atoms with Gasteiger partial charge in [0.05, 0.1) is 17.1 Å². The quantitative estimate of drug-likeness (QED) is 0.787. The Kier molecular flexibility index (Phi) is 5.15. The summed E-state index contributed by atoms with van der Waals surface area (Å²) in [6, 6.07) is 3.92. The van der Waals surface area contributed by atoms with Gasteiger partial charge in [-0.2, -0.15) is 0 Å². The van der Waals surface area contributed by atoms with Gasteiger partial charge in [0.2, 0.25) is 11.8 Å². The molecule has 4 nitrogen and oxygen atoms in total. The lowest BCUT2D eigenvalue weighted by Crippen LogP contribution is -2.22. The van der Waals surface area contributed by atoms with Crippen LogP contribution in [0.15, 0.2) is 28.2 Å². The number of amides is 1. The van der Waals surface area contributed by atoms with Crippen LogP contribution in [0.4, 0.5) is 0 Å². The number of nitrogens with zero attached hydrogens (tertiary/aromatic N) is 1. The lowest BCUT2D eigenvalue weighted by Gasteiger charge is -2.01. The zero-order valence-corrected chi connectivity index (χ0v) is 11.8. The third-order valence-electron chi connectivity index (χ3n) is 2.76. The summed E-state index contributed by atoms with van der Waals surface area (Å²) in [6.45, 7) is 2.55. The van der Waals surface area contributed by atoms with Gasteiger partial charge in [0.25, 0.3) is 0 Å². The van der Waals surface area contributed by atoms with Gasteiger partial charge < -0.3 is 9.73 Å². The number of hydrogen-bond donors (Lipinski definition) is 1. The van der Waals surface area contributed by atoms with Crippen molar-refractivity contribution in [3.63, 3.8) is 0 Å². The van der Waals surface area contributed by atoms with Crippen molar-refractivity contribution in [2.24, 2.45) is 0 Å². The molecule has 0 unspecified atom stereocenters. The molecular weight excluding hydrogens is 260 g/mol. The number of aromatic nitrogens is 1. The molecule has 2 aromatic heterocycles. The molecule has 0 fully saturated rings. The second-order valence-corrected chi connectivity index (χ2v) is 5.30. The summed E-state index contributed by atoms with van der Waals surface area (Å²) in [5.41, 5.74) is 0.757. The van der Waals surface area contributed by atoms with E-state index in [-0.39, 0.29) is 5.91 Å². The van der Waals surface area contributed by atoms with E-state index in [9.17, 15) is 4.79 Å². The molecule has 0 bridgehead atoms. The van der Waals surface area contributed by atoms with E-state index in [4.69, 9.17) is 4.42 Å². The average molecular weight is 278 g/mol. The molecule has 0 aliphatic carbocycles. The molecule has 5 heteroatoms. The van der Waals surface area contributed by atoms with Crippen LogP contribution < -0.4 is 5.32 Å². The van der Waals surface area contributed by atoms with Crippen LogP contribution in [0.3, 0.4) is 0 Å². The highest BCUT2D eigenvalue weighted by atomic mass is 32.1. The lowest BCUT2D eigenvalue weighted by atomic mass is 10.2. The van der Waals surface area contributed by atoms with Crippen LogP contribution in [-0.2, 0) is 11.3 Å². The van der Waals surface area contributed by atoms with Crippen LogP contribution >= 0.6 is 11.3 Å². The van der Waals surface area contributed by atoms with Crippen molar-refractivity contribution < 1.29 is 9.21 Å². The van der Waals surface area contributed by atoms with Crippen molar-refractivity contribution in [2.75, 3.05) is 0 Å². The van der Waals surface area contributed by atoms with Gasteiger partial charge in [-0.1, -0.05) is 25.8 Å². The predicted molar refractivity (Wildman–Crippen MR) is 75.8 cm³/mol. The van der Waals surface area contributed by atoms with E-state index in [1.807, 2.05) is 17.5 Å². The minimum atomic E-state index is 0.0779. The Labute approximate surface area is 116 Å². The topological polar surface area (TPSA) is 55.1 Å². The molecule has 19 heavy (non-hydrogen) atoms. The maximum atomic E-state index is 11.6. The highest BCUT2D eigenvalue weighted by Gasteiger charge is 2.08. The van der Waals surface area contributed by atoms with Gasteiger partial charge in [-0.15, -0.1) is 11.3 Å². The second-order valence-electron chi connectivity index (χ2n) is 4.36. The van der Waals surface area contributed by atoms with Crippen LogP contribution in [0.25, 0.3) is 10.8 Å². The molecule has 0 saturated carbocycles. The Hall–Kier alpha value is -1.62. The summed E-state index contributed by atoms with van der Waals surface area (Å²) in [5.74, 6) is 0.694. The van der Waals surface area contributed by atoms with E-state index in [0.29, 0.717) is 18.9 Å². The fourth-order valence-electron chi connectivity index (χ4n) is 1.71. The number of rotatable bonds is 7. The summed E-state index contributed by atoms with van der Waals surface area (Å²) in [4.78, 5) is 16.9. The van der Waals surface area contributed by atoms with E-state index in [2.05, 4.69) is 17.2 Å². The summed E-state index contributed by atoms with van der Waals surface area (Å²) >= 11 is 1.58. The molecule has 2 heterocycles. The monoisotopic (exact) mass is 278 g/mol. The number of carbonyl (C=O) groups excluding carboxylic acids is 1. The minimum Gasteiger partial charge on any atom is -0.443 e. The normalized spacial score (nSPS) is 10.6. The largest absolute Gasteiger partial charge is 0.443 e. The Morgan fingerprint density at radius 3 is 3.11 bits per heavy atom. The average Bonchev–Trinajstić information content (AvgIpc) is 3.07. The highest BCUT2D eigenvalue weighted by Crippen LogP contribution is 2.23. The first kappa shape index (κ1) is 13.8. The van der Waals surface area contributed by atoms with Gasteiger partial charge in [-0.05, 0) is 17.9 Å². The lowest BCUT2D eigenvalue weighted by molar-refractivity contribution is -0.121. The number of thiophene rings is 1. The number of unbranched alkanes of at least 4 members (excludes halogenated alkanes) is 2. The Balaban J connectivity index is 1.79. The molecule has 0 atom stereocenters. The number of carbonyl (C=O) groups is 1. The van der Waals surface area contributed by atoms with Gasteiger partial charge in [0, 0.05) is 6.42 Å². The first-order valence-electron chi connectivity index (χ1n) is 6.54. The standard InChI is InChI=1S/C14H18N2O2S/c1-2-3-4-7-13(17)15-9-11-10-18-14(16-11)12-6-5-8-19-12/h5-6,8,10H,2-4,7,9H2,1H3,(H,15,17). The molecule has 102 valence electrons. The second kappa shape index (κ2) is 7.09. The van der Waals surface area contributed by atoms with Crippen molar-refractivity contribution in [2.45, 2.75) is 39.2 Å². The molecule has 0 spiro atoms. The Morgan fingerprint density at radius 1 is 1.47 bits per heavy atom. The fraction of sp³-hybridized carbons (Fsp3) is 0.429. The van der Waals surface area contributed by atoms with Crippen molar-refractivity contribution in [1.29, 1.82) is 0 Å². The van der Waals surface area contributed by atoms with Crippen LogP contribution in [-0.4, -0.2) is 10.9 Å². The zero-order chi connectivity index (χ0) is 13.5. The summed E-state index contributed by atoms with van der Waals surface area (Å²) in [5, 5.41) is 4.84. The number of nitrogens with one attached hydrogen (secondary N) is 1. The SMILES string of the molecule is CCCCCC(=O)NCc1coc(-c2cccs2)n1. The molecular formula is C14H18N2O2S. The van der Waals surface area contributed by atoms with Crippen molar-refractivity contribution >= 4 is 17.2 Å². The molecule has 2 aromatic rings. The predicted octanol–water partition coefficient (Wildman–Crippen LogP) is 3.60. The Morgan fingerprint density at radius 2 is 2.37 bits per heavy atom. The highest BCUT2D eigenvalue weighted by molar-refractivity contribution is 7.13.